The highest BCUT2D eigenvalue weighted by atomic mass is 28.3. The second-order valence-electron chi connectivity index (χ2n) is 6.30. The molecule has 0 bridgehead atoms. The van der Waals surface area contributed by atoms with Gasteiger partial charge in [0.15, 0.2) is 0 Å². The number of carbonyl (C=O) groups excluding carboxylic acids is 1. The lowest BCUT2D eigenvalue weighted by Crippen LogP contribution is -2.40. The molecular formula is C13H24O2Si. The minimum atomic E-state index is -1.20. The van der Waals surface area contributed by atoms with Gasteiger partial charge in [-0.2, -0.15) is 0 Å². The molecule has 0 radical (unpaired) electrons. The summed E-state index contributed by atoms with van der Waals surface area (Å²) in [6, 6.07) is 1.08. The van der Waals surface area contributed by atoms with E-state index in [2.05, 4.69) is 26.2 Å². The molecule has 0 aliphatic heterocycles. The third kappa shape index (κ3) is 3.78. The van der Waals surface area contributed by atoms with Crippen LogP contribution in [0.1, 0.15) is 32.6 Å². The standard InChI is InChI=1S/C13H24O2Si/c1-11(2)12(14)15-13(8-6-7-9-13)10-16(3,4)5/h1,6-10H2,2-5H3. The monoisotopic (exact) mass is 240 g/mol. The molecule has 1 aliphatic rings. The maximum atomic E-state index is 11.7. The fourth-order valence-corrected chi connectivity index (χ4v) is 4.94. The Hall–Kier alpha value is -0.573. The van der Waals surface area contributed by atoms with E-state index in [0.717, 1.165) is 18.9 Å². The van der Waals surface area contributed by atoms with Gasteiger partial charge < -0.3 is 4.74 Å². The van der Waals surface area contributed by atoms with E-state index in [-0.39, 0.29) is 11.6 Å². The van der Waals surface area contributed by atoms with Gasteiger partial charge >= 0.3 is 5.97 Å². The normalized spacial score (nSPS) is 19.5. The van der Waals surface area contributed by atoms with Crippen molar-refractivity contribution in [3.05, 3.63) is 12.2 Å². The summed E-state index contributed by atoms with van der Waals surface area (Å²) in [5.74, 6) is -0.208. The van der Waals surface area contributed by atoms with Crippen LogP contribution in [-0.4, -0.2) is 19.6 Å². The number of hydrogen-bond acceptors (Lipinski definition) is 2. The van der Waals surface area contributed by atoms with Crippen molar-refractivity contribution in [2.24, 2.45) is 0 Å². The fourth-order valence-electron chi connectivity index (χ4n) is 2.58. The summed E-state index contributed by atoms with van der Waals surface area (Å²) < 4.78 is 5.73. The first-order chi connectivity index (χ1) is 7.24. The molecule has 0 amide bonds. The molecule has 3 heteroatoms. The Morgan fingerprint density at radius 1 is 1.31 bits per heavy atom. The number of esters is 1. The Labute approximate surface area is 100 Å². The lowest BCUT2D eigenvalue weighted by Gasteiger charge is -2.34. The van der Waals surface area contributed by atoms with Crippen molar-refractivity contribution in [1.82, 2.24) is 0 Å². The Morgan fingerprint density at radius 2 is 1.81 bits per heavy atom. The molecule has 0 spiro atoms. The van der Waals surface area contributed by atoms with Crippen molar-refractivity contribution in [2.45, 2.75) is 63.9 Å². The van der Waals surface area contributed by atoms with E-state index in [0.29, 0.717) is 5.57 Å². The summed E-state index contributed by atoms with van der Waals surface area (Å²) in [7, 11) is -1.20. The Morgan fingerprint density at radius 3 is 2.19 bits per heavy atom. The first kappa shape index (κ1) is 13.5. The third-order valence-electron chi connectivity index (χ3n) is 3.02. The van der Waals surface area contributed by atoms with E-state index >= 15 is 0 Å². The van der Waals surface area contributed by atoms with Gasteiger partial charge in [-0.25, -0.2) is 4.79 Å². The zero-order chi connectivity index (χ0) is 12.4. The zero-order valence-corrected chi connectivity index (χ0v) is 12.1. The molecule has 2 nitrogen and oxygen atoms in total. The van der Waals surface area contributed by atoms with E-state index in [1.807, 2.05) is 0 Å². The fraction of sp³-hybridized carbons (Fsp3) is 0.769. The molecule has 0 saturated heterocycles. The highest BCUT2D eigenvalue weighted by molar-refractivity contribution is 6.76. The molecule has 0 N–H and O–H groups in total. The van der Waals surface area contributed by atoms with Crippen LogP contribution in [0.3, 0.4) is 0 Å². The molecule has 1 saturated carbocycles. The van der Waals surface area contributed by atoms with Gasteiger partial charge in [0, 0.05) is 13.6 Å². The SMILES string of the molecule is C=C(C)C(=O)OC1(C[Si](C)(C)C)CCCC1. The van der Waals surface area contributed by atoms with E-state index < -0.39 is 8.07 Å². The lowest BCUT2D eigenvalue weighted by molar-refractivity contribution is -0.152. The van der Waals surface area contributed by atoms with Crippen molar-refractivity contribution in [1.29, 1.82) is 0 Å². The number of hydrogen-bond donors (Lipinski definition) is 0. The Kier molecular flexibility index (Phi) is 4.00. The molecule has 16 heavy (non-hydrogen) atoms. The van der Waals surface area contributed by atoms with Crippen LogP contribution in [-0.2, 0) is 9.53 Å². The maximum absolute atomic E-state index is 11.7. The maximum Gasteiger partial charge on any atom is 0.333 e. The number of ether oxygens (including phenoxy) is 1. The minimum Gasteiger partial charge on any atom is -0.456 e. The van der Waals surface area contributed by atoms with E-state index in [1.165, 1.54) is 12.8 Å². The van der Waals surface area contributed by atoms with Crippen LogP contribution in [0, 0.1) is 0 Å². The average molecular weight is 240 g/mol. The van der Waals surface area contributed by atoms with Gasteiger partial charge in [-0.1, -0.05) is 26.2 Å². The zero-order valence-electron chi connectivity index (χ0n) is 11.1. The molecule has 1 aliphatic carbocycles. The summed E-state index contributed by atoms with van der Waals surface area (Å²) in [5, 5.41) is 0. The van der Waals surface area contributed by atoms with Gasteiger partial charge in [-0.05, 0) is 38.7 Å². The summed E-state index contributed by atoms with van der Waals surface area (Å²) in [5.41, 5.74) is 0.349. The first-order valence-corrected chi connectivity index (χ1v) is 9.84. The topological polar surface area (TPSA) is 26.3 Å². The highest BCUT2D eigenvalue weighted by Gasteiger charge is 2.41. The van der Waals surface area contributed by atoms with Gasteiger partial charge in [0.25, 0.3) is 0 Å². The van der Waals surface area contributed by atoms with Crippen LogP contribution < -0.4 is 0 Å². The van der Waals surface area contributed by atoms with E-state index in [1.54, 1.807) is 6.92 Å². The Bertz CT molecular complexity index is 283. The van der Waals surface area contributed by atoms with Crippen LogP contribution in [0.2, 0.25) is 25.7 Å². The number of rotatable bonds is 4. The van der Waals surface area contributed by atoms with Crippen molar-refractivity contribution < 1.29 is 9.53 Å². The second kappa shape index (κ2) is 4.74. The summed E-state index contributed by atoms with van der Waals surface area (Å²) >= 11 is 0. The van der Waals surface area contributed by atoms with Gasteiger partial charge in [0.1, 0.15) is 5.60 Å². The third-order valence-corrected chi connectivity index (χ3v) is 4.73. The summed E-state index contributed by atoms with van der Waals surface area (Å²) in [6.45, 7) is 12.4. The lowest BCUT2D eigenvalue weighted by atomic mass is 10.1. The molecule has 0 aromatic rings. The van der Waals surface area contributed by atoms with Crippen molar-refractivity contribution >= 4 is 14.0 Å². The smallest absolute Gasteiger partial charge is 0.333 e. The summed E-state index contributed by atoms with van der Waals surface area (Å²) in [4.78, 5) is 11.7. The first-order valence-electron chi connectivity index (χ1n) is 6.13. The van der Waals surface area contributed by atoms with Gasteiger partial charge in [0.2, 0.25) is 0 Å². The average Bonchev–Trinajstić information content (AvgIpc) is 2.49. The minimum absolute atomic E-state index is 0.166. The molecule has 1 rings (SSSR count). The molecule has 0 aromatic carbocycles. The molecule has 0 heterocycles. The van der Waals surface area contributed by atoms with Crippen LogP contribution in [0.25, 0.3) is 0 Å². The van der Waals surface area contributed by atoms with E-state index in [9.17, 15) is 4.79 Å². The molecule has 0 aromatic heterocycles. The quantitative estimate of drug-likeness (QED) is 0.425. The summed E-state index contributed by atoms with van der Waals surface area (Å²) in [6.07, 6.45) is 4.45. The largest absolute Gasteiger partial charge is 0.456 e. The molecule has 0 atom stereocenters. The van der Waals surface area contributed by atoms with Crippen molar-refractivity contribution in [2.75, 3.05) is 0 Å². The predicted octanol–water partition coefficient (Wildman–Crippen LogP) is 3.76. The predicted molar refractivity (Wildman–Crippen MR) is 70.3 cm³/mol. The number of carbonyl (C=O) groups is 1. The van der Waals surface area contributed by atoms with Gasteiger partial charge in [-0.3, -0.25) is 0 Å². The molecular weight excluding hydrogens is 216 g/mol. The molecule has 92 valence electrons. The molecule has 0 unspecified atom stereocenters. The molecule has 1 fully saturated rings. The second-order valence-corrected chi connectivity index (χ2v) is 11.8. The Balaban J connectivity index is 2.73. The van der Waals surface area contributed by atoms with Gasteiger partial charge in [0.05, 0.1) is 0 Å². The van der Waals surface area contributed by atoms with E-state index in [4.69, 9.17) is 4.74 Å². The van der Waals surface area contributed by atoms with Crippen LogP contribution in [0.15, 0.2) is 12.2 Å². The van der Waals surface area contributed by atoms with Crippen LogP contribution in [0.4, 0.5) is 0 Å². The van der Waals surface area contributed by atoms with Crippen LogP contribution in [0.5, 0.6) is 0 Å². The van der Waals surface area contributed by atoms with Crippen LogP contribution >= 0.6 is 0 Å². The highest BCUT2D eigenvalue weighted by Crippen LogP contribution is 2.40. The van der Waals surface area contributed by atoms with Crippen molar-refractivity contribution in [3.63, 3.8) is 0 Å². The van der Waals surface area contributed by atoms with Crippen molar-refractivity contribution in [3.8, 4) is 0 Å². The van der Waals surface area contributed by atoms with Gasteiger partial charge in [-0.15, -0.1) is 0 Å².